The third kappa shape index (κ3) is 1.43. The molecule has 0 radical (unpaired) electrons. The van der Waals surface area contributed by atoms with Gasteiger partial charge in [0.15, 0.2) is 0 Å². The number of benzene rings is 1. The molecule has 0 heterocycles. The second kappa shape index (κ2) is 2.80. The number of halogens is 1. The highest BCUT2D eigenvalue weighted by molar-refractivity contribution is 6.68. The number of carbonyl (C=O) groups is 1. The molecule has 0 aliphatic carbocycles. The normalized spacial score (nSPS) is 9.55. The first-order chi connectivity index (χ1) is 5.13. The second-order valence-corrected chi connectivity index (χ2v) is 2.36. The van der Waals surface area contributed by atoms with Crippen LogP contribution in [0.1, 0.15) is 10.4 Å². The molecule has 3 nitrogen and oxygen atoms in total. The Bertz CT molecular complexity index is 298. The van der Waals surface area contributed by atoms with Crippen LogP contribution in [0.5, 0.6) is 5.75 Å². The van der Waals surface area contributed by atoms with Gasteiger partial charge in [-0.15, -0.1) is 0 Å². The molecule has 0 fully saturated rings. The van der Waals surface area contributed by atoms with E-state index in [9.17, 15) is 4.79 Å². The summed E-state index contributed by atoms with van der Waals surface area (Å²) in [5, 5.41) is 8.34. The molecule has 11 heavy (non-hydrogen) atoms. The maximum Gasteiger partial charge on any atom is 0.254 e. The van der Waals surface area contributed by atoms with Gasteiger partial charge in [-0.25, -0.2) is 0 Å². The van der Waals surface area contributed by atoms with Gasteiger partial charge in [0.2, 0.25) is 0 Å². The second-order valence-electron chi connectivity index (χ2n) is 2.01. The molecule has 1 aromatic rings. The van der Waals surface area contributed by atoms with E-state index in [0.717, 1.165) is 0 Å². The highest BCUT2D eigenvalue weighted by atomic mass is 35.5. The molecule has 58 valence electrons. The number of phenols is 1. The number of rotatable bonds is 1. The lowest BCUT2D eigenvalue weighted by Gasteiger charge is -2.00. The van der Waals surface area contributed by atoms with Crippen LogP contribution in [0.2, 0.25) is 0 Å². The molecule has 4 heteroatoms. The average molecular weight is 172 g/mol. The van der Waals surface area contributed by atoms with E-state index in [4.69, 9.17) is 22.4 Å². The largest absolute Gasteiger partial charge is 0.506 e. The topological polar surface area (TPSA) is 63.3 Å². The molecule has 0 spiro atoms. The standard InChI is InChI=1S/C7H6ClNO2/c8-7(11)4-2-1-3-5(10)6(4)9/h1-3,10H,9H2. The van der Waals surface area contributed by atoms with E-state index in [1.807, 2.05) is 0 Å². The summed E-state index contributed by atoms with van der Waals surface area (Å²) >= 11 is 5.15. The Morgan fingerprint density at radius 1 is 1.55 bits per heavy atom. The summed E-state index contributed by atoms with van der Waals surface area (Å²) in [6, 6.07) is 4.34. The smallest absolute Gasteiger partial charge is 0.254 e. The quantitative estimate of drug-likeness (QED) is 0.381. The van der Waals surface area contributed by atoms with E-state index < -0.39 is 5.24 Å². The first-order valence-corrected chi connectivity index (χ1v) is 3.28. The molecule has 0 aliphatic heterocycles. The fraction of sp³-hybridized carbons (Fsp3) is 0. The van der Waals surface area contributed by atoms with Crippen LogP contribution >= 0.6 is 11.6 Å². The molecule has 0 unspecified atom stereocenters. The number of hydrogen-bond acceptors (Lipinski definition) is 3. The third-order valence-electron chi connectivity index (χ3n) is 1.29. The lowest BCUT2D eigenvalue weighted by atomic mass is 10.2. The number of hydrogen-bond donors (Lipinski definition) is 2. The summed E-state index contributed by atoms with van der Waals surface area (Å²) < 4.78 is 0. The van der Waals surface area contributed by atoms with E-state index in [-0.39, 0.29) is 17.0 Å². The van der Waals surface area contributed by atoms with Gasteiger partial charge in [-0.3, -0.25) is 4.79 Å². The molecule has 0 bridgehead atoms. The van der Waals surface area contributed by atoms with Gasteiger partial charge in [0, 0.05) is 0 Å². The first-order valence-electron chi connectivity index (χ1n) is 2.90. The van der Waals surface area contributed by atoms with Crippen molar-refractivity contribution in [2.45, 2.75) is 0 Å². The van der Waals surface area contributed by atoms with E-state index in [2.05, 4.69) is 0 Å². The Morgan fingerprint density at radius 3 is 2.64 bits per heavy atom. The molecular formula is C7H6ClNO2. The van der Waals surface area contributed by atoms with Crippen LogP contribution in [-0.2, 0) is 0 Å². The van der Waals surface area contributed by atoms with Crippen molar-refractivity contribution in [1.82, 2.24) is 0 Å². The van der Waals surface area contributed by atoms with E-state index in [0.29, 0.717) is 0 Å². The number of nitrogen functional groups attached to an aromatic ring is 1. The maximum atomic E-state index is 10.6. The van der Waals surface area contributed by atoms with Crippen LogP contribution in [0.25, 0.3) is 0 Å². The molecule has 0 aromatic heterocycles. The van der Waals surface area contributed by atoms with Crippen LogP contribution < -0.4 is 5.73 Å². The Labute approximate surface area is 68.4 Å². The minimum Gasteiger partial charge on any atom is -0.506 e. The highest BCUT2D eigenvalue weighted by Gasteiger charge is 2.08. The van der Waals surface area contributed by atoms with E-state index in [1.54, 1.807) is 0 Å². The lowest BCUT2D eigenvalue weighted by Crippen LogP contribution is -1.96. The maximum absolute atomic E-state index is 10.6. The van der Waals surface area contributed by atoms with Gasteiger partial charge in [-0.1, -0.05) is 6.07 Å². The van der Waals surface area contributed by atoms with Crippen molar-refractivity contribution in [1.29, 1.82) is 0 Å². The van der Waals surface area contributed by atoms with Gasteiger partial charge < -0.3 is 10.8 Å². The van der Waals surface area contributed by atoms with Crippen molar-refractivity contribution < 1.29 is 9.90 Å². The van der Waals surface area contributed by atoms with E-state index >= 15 is 0 Å². The Hall–Kier alpha value is -1.22. The summed E-state index contributed by atoms with van der Waals surface area (Å²) in [5.74, 6) is -0.128. The fourth-order valence-corrected chi connectivity index (χ4v) is 0.889. The van der Waals surface area contributed by atoms with Crippen molar-refractivity contribution >= 4 is 22.5 Å². The highest BCUT2D eigenvalue weighted by Crippen LogP contribution is 2.24. The summed E-state index contributed by atoms with van der Waals surface area (Å²) in [4.78, 5) is 10.6. The minimum atomic E-state index is -0.668. The molecule has 1 rings (SSSR count). The predicted molar refractivity (Wildman–Crippen MR) is 42.7 cm³/mol. The van der Waals surface area contributed by atoms with Gasteiger partial charge in [0.25, 0.3) is 5.24 Å². The number of aromatic hydroxyl groups is 1. The number of para-hydroxylation sites is 1. The van der Waals surface area contributed by atoms with Crippen LogP contribution in [-0.4, -0.2) is 10.3 Å². The number of anilines is 1. The number of carbonyl (C=O) groups excluding carboxylic acids is 1. The zero-order valence-electron chi connectivity index (χ0n) is 5.54. The Balaban J connectivity index is 3.27. The summed E-state index contributed by atoms with van der Waals surface area (Å²) in [5.41, 5.74) is 5.48. The summed E-state index contributed by atoms with van der Waals surface area (Å²) in [6.45, 7) is 0. The monoisotopic (exact) mass is 171 g/mol. The van der Waals surface area contributed by atoms with Crippen molar-refractivity contribution in [3.05, 3.63) is 23.8 Å². The van der Waals surface area contributed by atoms with Crippen molar-refractivity contribution in [3.8, 4) is 5.75 Å². The van der Waals surface area contributed by atoms with Gasteiger partial charge >= 0.3 is 0 Å². The molecular weight excluding hydrogens is 166 g/mol. The fourth-order valence-electron chi connectivity index (χ4n) is 0.724. The minimum absolute atomic E-state index is 0.0208. The predicted octanol–water partition coefficient (Wildman–Crippen LogP) is 1.35. The molecule has 0 aliphatic rings. The van der Waals surface area contributed by atoms with Crippen LogP contribution in [0.15, 0.2) is 18.2 Å². The molecule has 0 saturated carbocycles. The van der Waals surface area contributed by atoms with Crippen molar-refractivity contribution in [2.24, 2.45) is 0 Å². The average Bonchev–Trinajstić information content (AvgIpc) is 1.94. The first kappa shape index (κ1) is 7.88. The van der Waals surface area contributed by atoms with E-state index in [1.165, 1.54) is 18.2 Å². The molecule has 0 atom stereocenters. The van der Waals surface area contributed by atoms with Gasteiger partial charge in [0.05, 0.1) is 11.3 Å². The zero-order chi connectivity index (χ0) is 8.43. The SMILES string of the molecule is Nc1c(O)cccc1C(=O)Cl. The van der Waals surface area contributed by atoms with Gasteiger partial charge in [0.1, 0.15) is 5.75 Å². The van der Waals surface area contributed by atoms with Crippen molar-refractivity contribution in [2.75, 3.05) is 5.73 Å². The Kier molecular flexibility index (Phi) is 2.01. The third-order valence-corrected chi connectivity index (χ3v) is 1.50. The number of phenolic OH excluding ortho intramolecular Hbond substituents is 1. The van der Waals surface area contributed by atoms with Crippen LogP contribution in [0.3, 0.4) is 0 Å². The summed E-state index contributed by atoms with van der Waals surface area (Å²) in [6.07, 6.45) is 0. The van der Waals surface area contributed by atoms with Gasteiger partial charge in [-0.2, -0.15) is 0 Å². The lowest BCUT2D eigenvalue weighted by molar-refractivity contribution is 0.108. The van der Waals surface area contributed by atoms with Crippen LogP contribution in [0, 0.1) is 0 Å². The molecule has 0 amide bonds. The van der Waals surface area contributed by atoms with Crippen molar-refractivity contribution in [3.63, 3.8) is 0 Å². The van der Waals surface area contributed by atoms with Crippen LogP contribution in [0.4, 0.5) is 5.69 Å². The molecule has 1 aromatic carbocycles. The Morgan fingerprint density at radius 2 is 2.18 bits per heavy atom. The summed E-state index contributed by atoms with van der Waals surface area (Å²) in [7, 11) is 0. The molecule has 0 saturated heterocycles. The number of nitrogens with two attached hydrogens (primary N) is 1. The zero-order valence-corrected chi connectivity index (χ0v) is 6.30. The molecule has 3 N–H and O–H groups in total. The van der Waals surface area contributed by atoms with Gasteiger partial charge in [-0.05, 0) is 23.7 Å².